The van der Waals surface area contributed by atoms with Crippen molar-refractivity contribution in [2.24, 2.45) is 0 Å². The molecule has 0 amide bonds. The smallest absolute Gasteiger partial charge is 0.126 e. The van der Waals surface area contributed by atoms with Crippen molar-refractivity contribution in [3.8, 4) is 0 Å². The Morgan fingerprint density at radius 2 is 2.36 bits per heavy atom. The van der Waals surface area contributed by atoms with Crippen LogP contribution in [-0.2, 0) is 4.74 Å². The second-order valence-corrected chi connectivity index (χ2v) is 3.57. The van der Waals surface area contributed by atoms with Gasteiger partial charge in [-0.25, -0.2) is 4.39 Å². The highest BCUT2D eigenvalue weighted by atomic mass is 19.1. The number of aryl methyl sites for hydroxylation is 1. The van der Waals surface area contributed by atoms with Crippen molar-refractivity contribution >= 4 is 0 Å². The Hall–Kier alpha value is -0.930. The molecule has 1 heterocycles. The number of hydrogen-bond acceptors (Lipinski definition) is 2. The number of morpholine rings is 1. The molecule has 1 aromatic carbocycles. The summed E-state index contributed by atoms with van der Waals surface area (Å²) in [5, 5.41) is 3.25. The molecule has 3 heteroatoms. The number of hydrogen-bond donors (Lipinski definition) is 1. The maximum Gasteiger partial charge on any atom is 0.126 e. The Morgan fingerprint density at radius 1 is 1.50 bits per heavy atom. The second kappa shape index (κ2) is 4.07. The molecule has 76 valence electrons. The predicted octanol–water partition coefficient (Wildman–Crippen LogP) is 1.80. The topological polar surface area (TPSA) is 21.3 Å². The SMILES string of the molecule is Cc1cc([C@H]2CNCCO2)ccc1F. The standard InChI is InChI=1S/C11H14FNO/c1-8-6-9(2-3-10(8)12)11-7-13-4-5-14-11/h2-3,6,11,13H,4-5,7H2,1H3/t11-/m1/s1. The van der Waals surface area contributed by atoms with E-state index in [-0.39, 0.29) is 11.9 Å². The summed E-state index contributed by atoms with van der Waals surface area (Å²) in [6, 6.07) is 5.15. The van der Waals surface area contributed by atoms with Crippen LogP contribution in [0.25, 0.3) is 0 Å². The molecule has 0 saturated carbocycles. The van der Waals surface area contributed by atoms with E-state index in [1.165, 1.54) is 6.07 Å². The number of nitrogens with one attached hydrogen (secondary N) is 1. The van der Waals surface area contributed by atoms with Crippen LogP contribution in [0.1, 0.15) is 17.2 Å². The maximum absolute atomic E-state index is 13.0. The van der Waals surface area contributed by atoms with Gasteiger partial charge in [0.2, 0.25) is 0 Å². The maximum atomic E-state index is 13.0. The lowest BCUT2D eigenvalue weighted by Gasteiger charge is -2.24. The van der Waals surface area contributed by atoms with Gasteiger partial charge in [0.05, 0.1) is 12.7 Å². The zero-order chi connectivity index (χ0) is 9.97. The highest BCUT2D eigenvalue weighted by molar-refractivity contribution is 5.26. The first-order chi connectivity index (χ1) is 6.77. The molecule has 1 aliphatic heterocycles. The van der Waals surface area contributed by atoms with Crippen molar-refractivity contribution < 1.29 is 9.13 Å². The third-order valence-corrected chi connectivity index (χ3v) is 2.48. The minimum Gasteiger partial charge on any atom is -0.371 e. The first kappa shape index (κ1) is 9.62. The summed E-state index contributed by atoms with van der Waals surface area (Å²) in [6.07, 6.45) is 0.0723. The van der Waals surface area contributed by atoms with E-state index < -0.39 is 0 Å². The van der Waals surface area contributed by atoms with Crippen molar-refractivity contribution in [1.82, 2.24) is 5.32 Å². The van der Waals surface area contributed by atoms with E-state index in [1.54, 1.807) is 13.0 Å². The zero-order valence-electron chi connectivity index (χ0n) is 8.22. The monoisotopic (exact) mass is 195 g/mol. The zero-order valence-corrected chi connectivity index (χ0v) is 8.22. The van der Waals surface area contributed by atoms with Crippen molar-refractivity contribution in [1.29, 1.82) is 0 Å². The molecule has 1 atom stereocenters. The lowest BCUT2D eigenvalue weighted by Crippen LogP contribution is -2.33. The van der Waals surface area contributed by atoms with E-state index in [1.807, 2.05) is 6.07 Å². The van der Waals surface area contributed by atoms with Crippen LogP contribution in [0.15, 0.2) is 18.2 Å². The van der Waals surface area contributed by atoms with Crippen LogP contribution in [0.4, 0.5) is 4.39 Å². The van der Waals surface area contributed by atoms with Crippen molar-refractivity contribution in [3.05, 3.63) is 35.1 Å². The van der Waals surface area contributed by atoms with E-state index in [0.717, 1.165) is 25.3 Å². The van der Waals surface area contributed by atoms with Crippen LogP contribution < -0.4 is 5.32 Å². The molecule has 1 N–H and O–H groups in total. The van der Waals surface area contributed by atoms with Gasteiger partial charge in [-0.3, -0.25) is 0 Å². The molecule has 0 spiro atoms. The molecular formula is C11H14FNO. The third-order valence-electron chi connectivity index (χ3n) is 2.48. The molecule has 0 bridgehead atoms. The number of ether oxygens (including phenoxy) is 1. The number of benzene rings is 1. The van der Waals surface area contributed by atoms with Gasteiger partial charge in [0.15, 0.2) is 0 Å². The van der Waals surface area contributed by atoms with Gasteiger partial charge >= 0.3 is 0 Å². The minimum atomic E-state index is -0.155. The molecule has 0 unspecified atom stereocenters. The van der Waals surface area contributed by atoms with E-state index >= 15 is 0 Å². The molecule has 0 aliphatic carbocycles. The van der Waals surface area contributed by atoms with Crippen LogP contribution >= 0.6 is 0 Å². The van der Waals surface area contributed by atoms with Gasteiger partial charge in [-0.1, -0.05) is 12.1 Å². The number of halogens is 1. The minimum absolute atomic E-state index is 0.0723. The summed E-state index contributed by atoms with van der Waals surface area (Å²) in [4.78, 5) is 0. The van der Waals surface area contributed by atoms with E-state index in [9.17, 15) is 4.39 Å². The molecule has 1 aliphatic rings. The van der Waals surface area contributed by atoms with Crippen molar-refractivity contribution in [3.63, 3.8) is 0 Å². The second-order valence-electron chi connectivity index (χ2n) is 3.57. The third kappa shape index (κ3) is 1.94. The molecule has 0 aromatic heterocycles. The Bertz CT molecular complexity index is 321. The molecule has 0 radical (unpaired) electrons. The van der Waals surface area contributed by atoms with Crippen LogP contribution in [0.2, 0.25) is 0 Å². The van der Waals surface area contributed by atoms with Gasteiger partial charge in [0.1, 0.15) is 5.82 Å². The summed E-state index contributed by atoms with van der Waals surface area (Å²) < 4.78 is 18.6. The van der Waals surface area contributed by atoms with Crippen LogP contribution in [-0.4, -0.2) is 19.7 Å². The Kier molecular flexibility index (Phi) is 2.79. The highest BCUT2D eigenvalue weighted by Gasteiger charge is 2.15. The average molecular weight is 195 g/mol. The molecule has 1 saturated heterocycles. The summed E-state index contributed by atoms with van der Waals surface area (Å²) in [5.74, 6) is -0.155. The first-order valence-electron chi connectivity index (χ1n) is 4.86. The molecular weight excluding hydrogens is 181 g/mol. The molecule has 1 fully saturated rings. The van der Waals surface area contributed by atoms with E-state index in [2.05, 4.69) is 5.32 Å². The van der Waals surface area contributed by atoms with Crippen molar-refractivity contribution in [2.45, 2.75) is 13.0 Å². The van der Waals surface area contributed by atoms with E-state index in [4.69, 9.17) is 4.74 Å². The molecule has 14 heavy (non-hydrogen) atoms. The molecule has 2 nitrogen and oxygen atoms in total. The van der Waals surface area contributed by atoms with Gasteiger partial charge < -0.3 is 10.1 Å². The lowest BCUT2D eigenvalue weighted by molar-refractivity contribution is 0.0276. The lowest BCUT2D eigenvalue weighted by atomic mass is 10.1. The summed E-state index contributed by atoms with van der Waals surface area (Å²) in [7, 11) is 0. The van der Waals surface area contributed by atoms with Crippen LogP contribution in [0.3, 0.4) is 0 Å². The van der Waals surface area contributed by atoms with Gasteiger partial charge in [0, 0.05) is 13.1 Å². The Morgan fingerprint density at radius 3 is 3.00 bits per heavy atom. The highest BCUT2D eigenvalue weighted by Crippen LogP contribution is 2.20. The van der Waals surface area contributed by atoms with Gasteiger partial charge in [-0.05, 0) is 24.1 Å². The van der Waals surface area contributed by atoms with Gasteiger partial charge in [0.25, 0.3) is 0 Å². The molecule has 1 aromatic rings. The summed E-state index contributed by atoms with van der Waals surface area (Å²) in [5.41, 5.74) is 1.73. The summed E-state index contributed by atoms with van der Waals surface area (Å²) >= 11 is 0. The van der Waals surface area contributed by atoms with E-state index in [0.29, 0.717) is 5.56 Å². The summed E-state index contributed by atoms with van der Waals surface area (Å²) in [6.45, 7) is 4.21. The quantitative estimate of drug-likeness (QED) is 0.737. The fourth-order valence-corrected chi connectivity index (χ4v) is 1.65. The fourth-order valence-electron chi connectivity index (χ4n) is 1.65. The van der Waals surface area contributed by atoms with Crippen LogP contribution in [0.5, 0.6) is 0 Å². The van der Waals surface area contributed by atoms with Crippen LogP contribution in [0, 0.1) is 12.7 Å². The average Bonchev–Trinajstić information content (AvgIpc) is 2.23. The normalized spacial score (nSPS) is 22.3. The Balaban J connectivity index is 2.18. The van der Waals surface area contributed by atoms with Gasteiger partial charge in [-0.15, -0.1) is 0 Å². The number of rotatable bonds is 1. The first-order valence-corrected chi connectivity index (χ1v) is 4.86. The predicted molar refractivity (Wildman–Crippen MR) is 52.7 cm³/mol. The van der Waals surface area contributed by atoms with Gasteiger partial charge in [-0.2, -0.15) is 0 Å². The fraction of sp³-hybridized carbons (Fsp3) is 0.455. The van der Waals surface area contributed by atoms with Crippen molar-refractivity contribution in [2.75, 3.05) is 19.7 Å². The largest absolute Gasteiger partial charge is 0.371 e. The molecule has 2 rings (SSSR count). The Labute approximate surface area is 83.1 Å².